The van der Waals surface area contributed by atoms with E-state index in [4.69, 9.17) is 21.1 Å². The first-order chi connectivity index (χ1) is 10.2. The van der Waals surface area contributed by atoms with E-state index in [1.54, 1.807) is 30.3 Å². The molecular weight excluding hydrogens is 288 g/mol. The third-order valence-corrected chi connectivity index (χ3v) is 3.30. The van der Waals surface area contributed by atoms with Crippen molar-refractivity contribution in [2.75, 3.05) is 13.2 Å². The summed E-state index contributed by atoms with van der Waals surface area (Å²) >= 11 is 6.02. The van der Waals surface area contributed by atoms with Crippen LogP contribution >= 0.6 is 11.6 Å². The number of carbonyl (C=O) groups excluding carboxylic acids is 1. The van der Waals surface area contributed by atoms with Crippen LogP contribution in [-0.2, 0) is 11.3 Å². The zero-order valence-corrected chi connectivity index (χ0v) is 12.6. The van der Waals surface area contributed by atoms with Crippen molar-refractivity contribution in [3.63, 3.8) is 0 Å². The molecule has 0 saturated carbocycles. The predicted octanol–water partition coefficient (Wildman–Crippen LogP) is 4.14. The number of benzene rings is 2. The van der Waals surface area contributed by atoms with Gasteiger partial charge in [0, 0.05) is 10.6 Å². The van der Waals surface area contributed by atoms with E-state index >= 15 is 0 Å². The smallest absolute Gasteiger partial charge is 0.188 e. The van der Waals surface area contributed by atoms with Gasteiger partial charge in [0.15, 0.2) is 5.78 Å². The number of carbonyl (C=O) groups is 1. The van der Waals surface area contributed by atoms with Gasteiger partial charge in [-0.3, -0.25) is 4.79 Å². The van der Waals surface area contributed by atoms with Crippen LogP contribution in [0.5, 0.6) is 5.75 Å². The van der Waals surface area contributed by atoms with E-state index in [0.29, 0.717) is 23.8 Å². The molecular formula is C17H17ClO3. The molecule has 0 aliphatic carbocycles. The van der Waals surface area contributed by atoms with Crippen LogP contribution in [0, 0.1) is 0 Å². The quantitative estimate of drug-likeness (QED) is 0.721. The fraction of sp³-hybridized carbons (Fsp3) is 0.235. The van der Waals surface area contributed by atoms with E-state index in [1.807, 2.05) is 25.1 Å². The summed E-state index contributed by atoms with van der Waals surface area (Å²) in [6.07, 6.45) is 0. The van der Waals surface area contributed by atoms with Gasteiger partial charge in [0.25, 0.3) is 0 Å². The lowest BCUT2D eigenvalue weighted by Crippen LogP contribution is -2.09. The summed E-state index contributed by atoms with van der Waals surface area (Å²) < 4.78 is 10.8. The molecule has 4 heteroatoms. The molecule has 0 bridgehead atoms. The Morgan fingerprint density at radius 1 is 1.10 bits per heavy atom. The maximum absolute atomic E-state index is 12.0. The Balaban J connectivity index is 1.85. The predicted molar refractivity (Wildman–Crippen MR) is 83.0 cm³/mol. The normalized spacial score (nSPS) is 10.4. The number of Topliss-reactive ketones (excluding diaryl/α,β-unsaturated/α-hetero) is 1. The Bertz CT molecular complexity index is 593. The number of hydrogen-bond donors (Lipinski definition) is 0. The fourth-order valence-corrected chi connectivity index (χ4v) is 2.05. The first kappa shape index (κ1) is 15.5. The Morgan fingerprint density at radius 2 is 1.81 bits per heavy atom. The molecule has 0 N–H and O–H groups in total. The second-order valence-corrected chi connectivity index (χ2v) is 4.87. The molecule has 0 fully saturated rings. The van der Waals surface area contributed by atoms with Crippen molar-refractivity contribution in [3.05, 3.63) is 64.7 Å². The van der Waals surface area contributed by atoms with Gasteiger partial charge < -0.3 is 9.47 Å². The highest BCUT2D eigenvalue weighted by molar-refractivity contribution is 6.31. The number of ketones is 1. The standard InChI is InChI=1S/C17H17ClO3/c1-2-21-15-9-7-13(8-10-15)17(19)12-20-11-14-5-3-4-6-16(14)18/h3-10H,2,11-12H2,1H3. The SMILES string of the molecule is CCOc1ccc(C(=O)COCc2ccccc2Cl)cc1. The van der Waals surface area contributed by atoms with Crippen molar-refractivity contribution in [2.45, 2.75) is 13.5 Å². The third kappa shape index (κ3) is 4.59. The van der Waals surface area contributed by atoms with Gasteiger partial charge in [0.2, 0.25) is 0 Å². The maximum atomic E-state index is 12.0. The largest absolute Gasteiger partial charge is 0.494 e. The first-order valence-electron chi connectivity index (χ1n) is 6.78. The first-order valence-corrected chi connectivity index (χ1v) is 7.15. The topological polar surface area (TPSA) is 35.5 Å². The summed E-state index contributed by atoms with van der Waals surface area (Å²) in [5, 5.41) is 0.644. The van der Waals surface area contributed by atoms with Gasteiger partial charge >= 0.3 is 0 Å². The van der Waals surface area contributed by atoms with Crippen molar-refractivity contribution in [1.29, 1.82) is 0 Å². The minimum atomic E-state index is -0.0647. The number of hydrogen-bond acceptors (Lipinski definition) is 3. The van der Waals surface area contributed by atoms with Gasteiger partial charge in [0.1, 0.15) is 12.4 Å². The lowest BCUT2D eigenvalue weighted by molar-refractivity contribution is 0.0726. The molecule has 2 aromatic carbocycles. The van der Waals surface area contributed by atoms with Crippen LogP contribution in [-0.4, -0.2) is 19.0 Å². The van der Waals surface area contributed by atoms with Crippen molar-refractivity contribution >= 4 is 17.4 Å². The van der Waals surface area contributed by atoms with E-state index in [2.05, 4.69) is 0 Å². The molecule has 0 aliphatic heterocycles. The molecule has 0 saturated heterocycles. The van der Waals surface area contributed by atoms with Crippen LogP contribution < -0.4 is 4.74 Å². The highest BCUT2D eigenvalue weighted by Crippen LogP contribution is 2.16. The molecule has 0 spiro atoms. The summed E-state index contributed by atoms with van der Waals surface area (Å²) in [5.74, 6) is 0.691. The Kier molecular flexibility index (Phi) is 5.78. The molecule has 3 nitrogen and oxygen atoms in total. The number of halogens is 1. The second-order valence-electron chi connectivity index (χ2n) is 4.46. The van der Waals surface area contributed by atoms with E-state index in [-0.39, 0.29) is 12.4 Å². The molecule has 0 amide bonds. The minimum Gasteiger partial charge on any atom is -0.494 e. The third-order valence-electron chi connectivity index (χ3n) is 2.94. The molecule has 0 radical (unpaired) electrons. The lowest BCUT2D eigenvalue weighted by Gasteiger charge is -2.07. The summed E-state index contributed by atoms with van der Waals surface area (Å²) in [5.41, 5.74) is 1.48. The monoisotopic (exact) mass is 304 g/mol. The zero-order chi connectivity index (χ0) is 15.1. The molecule has 0 atom stereocenters. The summed E-state index contributed by atoms with van der Waals surface area (Å²) in [7, 11) is 0. The van der Waals surface area contributed by atoms with Crippen LogP contribution in [0.15, 0.2) is 48.5 Å². The van der Waals surface area contributed by atoms with Gasteiger partial charge in [-0.2, -0.15) is 0 Å². The van der Waals surface area contributed by atoms with Gasteiger partial charge in [-0.15, -0.1) is 0 Å². The highest BCUT2D eigenvalue weighted by atomic mass is 35.5. The second kappa shape index (κ2) is 7.81. The molecule has 110 valence electrons. The van der Waals surface area contributed by atoms with Crippen LogP contribution in [0.25, 0.3) is 0 Å². The van der Waals surface area contributed by atoms with Gasteiger partial charge in [-0.1, -0.05) is 29.8 Å². The Morgan fingerprint density at radius 3 is 2.48 bits per heavy atom. The van der Waals surface area contributed by atoms with E-state index in [9.17, 15) is 4.79 Å². The van der Waals surface area contributed by atoms with Crippen LogP contribution in [0.3, 0.4) is 0 Å². The molecule has 0 heterocycles. The molecule has 0 unspecified atom stereocenters. The Labute approximate surface area is 129 Å². The van der Waals surface area contributed by atoms with Crippen LogP contribution in [0.4, 0.5) is 0 Å². The molecule has 2 rings (SSSR count). The highest BCUT2D eigenvalue weighted by Gasteiger charge is 2.07. The summed E-state index contributed by atoms with van der Waals surface area (Å²) in [6, 6.07) is 14.5. The van der Waals surface area contributed by atoms with Crippen molar-refractivity contribution in [2.24, 2.45) is 0 Å². The summed E-state index contributed by atoms with van der Waals surface area (Å²) in [4.78, 5) is 12.0. The fourth-order valence-electron chi connectivity index (χ4n) is 1.86. The molecule has 0 aromatic heterocycles. The van der Waals surface area contributed by atoms with E-state index in [1.165, 1.54) is 0 Å². The average Bonchev–Trinajstić information content (AvgIpc) is 2.50. The minimum absolute atomic E-state index is 0.0270. The zero-order valence-electron chi connectivity index (χ0n) is 11.8. The summed E-state index contributed by atoms with van der Waals surface area (Å²) in [6.45, 7) is 2.87. The van der Waals surface area contributed by atoms with Gasteiger partial charge in [-0.25, -0.2) is 0 Å². The van der Waals surface area contributed by atoms with Crippen molar-refractivity contribution in [3.8, 4) is 5.75 Å². The van der Waals surface area contributed by atoms with Crippen LogP contribution in [0.1, 0.15) is 22.8 Å². The average molecular weight is 305 g/mol. The maximum Gasteiger partial charge on any atom is 0.188 e. The van der Waals surface area contributed by atoms with E-state index in [0.717, 1.165) is 11.3 Å². The van der Waals surface area contributed by atoms with Crippen molar-refractivity contribution in [1.82, 2.24) is 0 Å². The van der Waals surface area contributed by atoms with Gasteiger partial charge in [-0.05, 0) is 42.8 Å². The van der Waals surface area contributed by atoms with Crippen molar-refractivity contribution < 1.29 is 14.3 Å². The molecule has 21 heavy (non-hydrogen) atoms. The Hall–Kier alpha value is -1.84. The lowest BCUT2D eigenvalue weighted by atomic mass is 10.1. The van der Waals surface area contributed by atoms with Crippen LogP contribution in [0.2, 0.25) is 5.02 Å². The molecule has 0 aliphatic rings. The van der Waals surface area contributed by atoms with Gasteiger partial charge in [0.05, 0.1) is 13.2 Å². The number of ether oxygens (including phenoxy) is 2. The molecule has 2 aromatic rings. The van der Waals surface area contributed by atoms with E-state index < -0.39 is 0 Å². The number of rotatable bonds is 7.